The molecule has 45 heavy (non-hydrogen) atoms. The summed E-state index contributed by atoms with van der Waals surface area (Å²) in [5.41, 5.74) is 1.40. The molecule has 1 amide bonds. The lowest BCUT2D eigenvalue weighted by Gasteiger charge is -2.33. The number of amides is 1. The van der Waals surface area contributed by atoms with Gasteiger partial charge >= 0.3 is 0 Å². The maximum Gasteiger partial charge on any atom is 0.258 e. The highest BCUT2D eigenvalue weighted by Crippen LogP contribution is 2.42. The summed E-state index contributed by atoms with van der Waals surface area (Å²) < 4.78 is 89.4. The van der Waals surface area contributed by atoms with Crippen LogP contribution in [0.2, 0.25) is 0 Å². The number of hydrogen-bond acceptors (Lipinski definition) is 6. The van der Waals surface area contributed by atoms with E-state index in [1.54, 1.807) is 12.1 Å². The van der Waals surface area contributed by atoms with Crippen LogP contribution in [0.15, 0.2) is 58.0 Å². The second kappa shape index (κ2) is 11.2. The highest BCUT2D eigenvalue weighted by molar-refractivity contribution is 7.92. The van der Waals surface area contributed by atoms with Crippen molar-refractivity contribution in [3.05, 3.63) is 83.4 Å². The van der Waals surface area contributed by atoms with Gasteiger partial charge in [0.2, 0.25) is 10.0 Å². The van der Waals surface area contributed by atoms with Crippen molar-refractivity contribution in [3.63, 3.8) is 0 Å². The maximum absolute atomic E-state index is 14.4. The fraction of sp³-hybridized carbons (Fsp3) is 0.258. The number of piperidine rings is 1. The van der Waals surface area contributed by atoms with Gasteiger partial charge < -0.3 is 14.7 Å². The van der Waals surface area contributed by atoms with Gasteiger partial charge in [0.25, 0.3) is 15.9 Å². The number of sulfonamides is 2. The normalized spacial score (nSPS) is 16.2. The molecule has 0 radical (unpaired) electrons. The van der Waals surface area contributed by atoms with Gasteiger partial charge in [0, 0.05) is 44.0 Å². The first-order chi connectivity index (χ1) is 21.3. The van der Waals surface area contributed by atoms with E-state index in [0.717, 1.165) is 16.6 Å². The van der Waals surface area contributed by atoms with Crippen molar-refractivity contribution >= 4 is 53.5 Å². The molecule has 1 aliphatic rings. The van der Waals surface area contributed by atoms with Crippen LogP contribution in [0, 0.1) is 23.8 Å². The molecule has 0 bridgehead atoms. The van der Waals surface area contributed by atoms with Crippen LogP contribution in [0.1, 0.15) is 34.7 Å². The minimum atomic E-state index is -4.09. The maximum atomic E-state index is 14.4. The molecule has 1 atom stereocenters. The smallest absolute Gasteiger partial charge is 0.258 e. The van der Waals surface area contributed by atoms with Gasteiger partial charge in [0.05, 0.1) is 28.6 Å². The summed E-state index contributed by atoms with van der Waals surface area (Å²) in [5, 5.41) is 3.20. The van der Waals surface area contributed by atoms with E-state index in [9.17, 15) is 30.4 Å². The monoisotopic (exact) mass is 654 g/mol. The Labute approximate surface area is 258 Å². The number of nitrogens with one attached hydrogen (secondary N) is 2. The predicted octanol–water partition coefficient (Wildman–Crippen LogP) is 4.78. The average molecular weight is 655 g/mol. The minimum absolute atomic E-state index is 0.00297. The van der Waals surface area contributed by atoms with Crippen LogP contribution < -0.4 is 9.62 Å². The zero-order valence-electron chi connectivity index (χ0n) is 24.4. The number of hydrogen-bond donors (Lipinski definition) is 2. The van der Waals surface area contributed by atoms with Crippen LogP contribution >= 0.6 is 0 Å². The molecule has 2 N–H and O–H groups in total. The summed E-state index contributed by atoms with van der Waals surface area (Å²) in [7, 11) is -5.05. The molecule has 2 aromatic heterocycles. The number of rotatable bonds is 7. The molecule has 10 nitrogen and oxygen atoms in total. The first kappa shape index (κ1) is 30.6. The van der Waals surface area contributed by atoms with Crippen LogP contribution in [0.4, 0.5) is 14.5 Å². The molecule has 3 aromatic carbocycles. The first-order valence-electron chi connectivity index (χ1n) is 13.9. The van der Waals surface area contributed by atoms with Crippen molar-refractivity contribution in [2.45, 2.75) is 23.8 Å². The quantitative estimate of drug-likeness (QED) is 0.260. The van der Waals surface area contributed by atoms with Crippen molar-refractivity contribution in [1.82, 2.24) is 14.6 Å². The van der Waals surface area contributed by atoms with Crippen LogP contribution in [-0.4, -0.2) is 65.5 Å². The molecule has 3 heterocycles. The third-order valence-electron chi connectivity index (χ3n) is 8.11. The number of aromatic amines is 1. The predicted molar refractivity (Wildman–Crippen MR) is 165 cm³/mol. The van der Waals surface area contributed by atoms with E-state index in [2.05, 4.69) is 22.4 Å². The van der Waals surface area contributed by atoms with Gasteiger partial charge in [-0.2, -0.15) is 8.70 Å². The van der Waals surface area contributed by atoms with E-state index in [1.807, 2.05) is 0 Å². The largest absolute Gasteiger partial charge is 0.454 e. The minimum Gasteiger partial charge on any atom is -0.454 e. The summed E-state index contributed by atoms with van der Waals surface area (Å²) in [6.07, 6.45) is 2.02. The van der Waals surface area contributed by atoms with Gasteiger partial charge in [0.15, 0.2) is 11.6 Å². The van der Waals surface area contributed by atoms with Gasteiger partial charge in [-0.15, -0.1) is 0 Å². The zero-order valence-corrected chi connectivity index (χ0v) is 26.1. The van der Waals surface area contributed by atoms with E-state index in [4.69, 9.17) is 4.42 Å². The lowest BCUT2D eigenvalue weighted by molar-refractivity contribution is 0.0964. The number of H-pyrrole nitrogens is 1. The van der Waals surface area contributed by atoms with E-state index < -0.39 is 43.5 Å². The molecular formula is C31H28F2N4O6S2. The van der Waals surface area contributed by atoms with Crippen molar-refractivity contribution in [1.29, 1.82) is 0 Å². The van der Waals surface area contributed by atoms with E-state index in [-0.39, 0.29) is 51.8 Å². The fourth-order valence-electron chi connectivity index (χ4n) is 5.75. The number of carbonyl (C=O) groups is 1. The zero-order chi connectivity index (χ0) is 32.3. The number of benzene rings is 2. The molecule has 1 unspecified atom stereocenters. The number of anilines is 1. The number of furan rings is 1. The number of fused-ring (bicyclic) bond motifs is 2. The van der Waals surface area contributed by atoms with Crippen molar-refractivity contribution in [2.75, 3.05) is 37.7 Å². The van der Waals surface area contributed by atoms with Gasteiger partial charge in [0.1, 0.15) is 16.4 Å². The van der Waals surface area contributed by atoms with Gasteiger partial charge in [-0.3, -0.25) is 9.10 Å². The second-order valence-electron chi connectivity index (χ2n) is 10.9. The van der Waals surface area contributed by atoms with Crippen LogP contribution in [0.3, 0.4) is 0 Å². The van der Waals surface area contributed by atoms with Crippen molar-refractivity contribution < 1.29 is 34.8 Å². The molecule has 234 valence electrons. The molecule has 1 aliphatic heterocycles. The average Bonchev–Trinajstić information content (AvgIpc) is 3.63. The molecular weight excluding hydrogens is 626 g/mol. The number of carbonyl (C=O) groups excluding carboxylic acids is 1. The molecule has 1 saturated heterocycles. The van der Waals surface area contributed by atoms with Crippen LogP contribution in [-0.2, 0) is 20.0 Å². The Kier molecular flexibility index (Phi) is 7.59. The first-order valence-corrected chi connectivity index (χ1v) is 17.2. The molecule has 6 rings (SSSR count). The molecule has 0 saturated carbocycles. The Morgan fingerprint density at radius 2 is 1.89 bits per heavy atom. The summed E-state index contributed by atoms with van der Waals surface area (Å²) in [5.74, 6) is -2.13. The van der Waals surface area contributed by atoms with Gasteiger partial charge in [-0.25, -0.2) is 21.2 Å². The van der Waals surface area contributed by atoms with Gasteiger partial charge in [-0.1, -0.05) is 18.2 Å². The van der Waals surface area contributed by atoms with E-state index in [1.165, 1.54) is 48.7 Å². The lowest BCUT2D eigenvalue weighted by atomic mass is 9.89. The highest BCUT2D eigenvalue weighted by Gasteiger charge is 2.35. The summed E-state index contributed by atoms with van der Waals surface area (Å²) >= 11 is 0. The molecule has 1 fully saturated rings. The second-order valence-corrected chi connectivity index (χ2v) is 14.8. The molecule has 0 spiro atoms. The van der Waals surface area contributed by atoms with Crippen LogP contribution in [0.25, 0.3) is 33.2 Å². The third-order valence-corrected chi connectivity index (χ3v) is 11.1. The Balaban J connectivity index is 1.49. The van der Waals surface area contributed by atoms with E-state index >= 15 is 0 Å². The van der Waals surface area contributed by atoms with Gasteiger partial charge in [-0.05, 0) is 60.7 Å². The Morgan fingerprint density at radius 1 is 1.11 bits per heavy atom. The standard InChI is InChI=1S/C31H28F2N4O6S2/c1-34-31(38)28-23-15-22(25(36(2)44(3,39)40)16-26(23)43-30(28)18-9-11-21(32)12-10-18)20-7-5-13-37(17-20)45(41,42)27-14-19-6-4-8-24(33)29(19)35-27/h4,6,8-9,11,14-16,20,35H,5,7,13,17H2,1-3H3,(H,34,38). The Hall–Kier alpha value is -4.45. The van der Waals surface area contributed by atoms with Crippen molar-refractivity contribution in [2.24, 2.45) is 0 Å². The molecule has 5 aromatic rings. The summed E-state index contributed by atoms with van der Waals surface area (Å²) in [4.78, 5) is 15.9. The fourth-order valence-corrected chi connectivity index (χ4v) is 7.80. The topological polar surface area (TPSA) is 133 Å². The van der Waals surface area contributed by atoms with Crippen molar-refractivity contribution in [3.8, 4) is 11.3 Å². The highest BCUT2D eigenvalue weighted by atomic mass is 32.2. The Morgan fingerprint density at radius 3 is 2.56 bits per heavy atom. The SMILES string of the molecule is CNC(=O)c1c(-c2c#cc(F)cc2)oc2cc(N(C)S(C)(=O)=O)c(C3CCCN(S(=O)(=O)c4cc5cccc(F)c5[nH]4)C3)cc12. The number of nitrogens with zero attached hydrogens (tertiary/aromatic N) is 2. The third kappa shape index (κ3) is 5.41. The number of para-hydroxylation sites is 1. The summed E-state index contributed by atoms with van der Waals surface area (Å²) in [6, 6.07) is 16.4. The molecule has 14 heteroatoms. The Bertz CT molecular complexity index is 2180. The number of halogens is 2. The molecule has 0 aliphatic carbocycles. The van der Waals surface area contributed by atoms with E-state index in [0.29, 0.717) is 29.2 Å². The number of aromatic nitrogens is 1. The lowest BCUT2D eigenvalue weighted by Crippen LogP contribution is -2.39. The summed E-state index contributed by atoms with van der Waals surface area (Å²) in [6.45, 7) is 0.198. The van der Waals surface area contributed by atoms with Crippen LogP contribution in [0.5, 0.6) is 0 Å².